The highest BCUT2D eigenvalue weighted by Crippen LogP contribution is 2.41. The summed E-state index contributed by atoms with van der Waals surface area (Å²) in [7, 11) is 1.34. The second-order valence-electron chi connectivity index (χ2n) is 5.95. The summed E-state index contributed by atoms with van der Waals surface area (Å²) in [4.78, 5) is 23.8. The number of rotatable bonds is 4. The lowest BCUT2D eigenvalue weighted by Gasteiger charge is -2.43. The molecular formula is C19H20N2O3. The van der Waals surface area contributed by atoms with Crippen molar-refractivity contribution in [2.75, 3.05) is 12.4 Å². The van der Waals surface area contributed by atoms with Crippen molar-refractivity contribution >= 4 is 17.7 Å². The molecule has 0 atom stereocenters. The van der Waals surface area contributed by atoms with Crippen molar-refractivity contribution < 1.29 is 14.3 Å². The summed E-state index contributed by atoms with van der Waals surface area (Å²) in [6, 6.07) is 16.4. The predicted octanol–water partition coefficient (Wildman–Crippen LogP) is 3.67. The first-order chi connectivity index (χ1) is 11.6. The van der Waals surface area contributed by atoms with Crippen molar-refractivity contribution in [1.82, 2.24) is 5.32 Å². The Kier molecular flexibility index (Phi) is 4.51. The quantitative estimate of drug-likeness (QED) is 0.843. The number of urea groups is 1. The maximum Gasteiger partial charge on any atom is 0.337 e. The molecule has 0 heterocycles. The second kappa shape index (κ2) is 6.74. The molecule has 2 aromatic carbocycles. The molecule has 5 heteroatoms. The average Bonchev–Trinajstić information content (AvgIpc) is 2.59. The molecule has 0 bridgehead atoms. The molecule has 3 rings (SSSR count). The lowest BCUT2D eigenvalue weighted by molar-refractivity contribution is 0.0600. The van der Waals surface area contributed by atoms with E-state index in [1.54, 1.807) is 24.3 Å². The molecule has 1 aliphatic rings. The summed E-state index contributed by atoms with van der Waals surface area (Å²) in [6.07, 6.45) is 2.97. The Hall–Kier alpha value is -2.82. The van der Waals surface area contributed by atoms with Gasteiger partial charge in [-0.3, -0.25) is 0 Å². The Morgan fingerprint density at radius 2 is 1.67 bits per heavy atom. The molecule has 1 saturated carbocycles. The van der Waals surface area contributed by atoms with Crippen molar-refractivity contribution in [3.63, 3.8) is 0 Å². The monoisotopic (exact) mass is 324 g/mol. The standard InChI is InChI=1S/C19H20N2O3/c1-24-17(22)14-8-10-16(11-9-14)20-18(23)21-19(12-5-13-19)15-6-3-2-4-7-15/h2-4,6-11H,5,12-13H2,1H3,(H2,20,21,23). The van der Waals surface area contributed by atoms with Crippen LogP contribution in [0.1, 0.15) is 35.2 Å². The molecule has 1 aliphatic carbocycles. The van der Waals surface area contributed by atoms with Crippen molar-refractivity contribution in [3.05, 3.63) is 65.7 Å². The third-order valence-electron chi connectivity index (χ3n) is 4.45. The normalized spacial score (nSPS) is 15.0. The van der Waals surface area contributed by atoms with E-state index in [4.69, 9.17) is 0 Å². The molecule has 0 unspecified atom stereocenters. The van der Waals surface area contributed by atoms with E-state index in [1.165, 1.54) is 7.11 Å². The average molecular weight is 324 g/mol. The number of hydrogen-bond donors (Lipinski definition) is 2. The van der Waals surface area contributed by atoms with Crippen molar-refractivity contribution in [2.45, 2.75) is 24.8 Å². The summed E-state index contributed by atoms with van der Waals surface area (Å²) in [5, 5.41) is 5.92. The number of benzene rings is 2. The van der Waals surface area contributed by atoms with E-state index in [9.17, 15) is 9.59 Å². The lowest BCUT2D eigenvalue weighted by Crippen LogP contribution is -2.52. The Bertz CT molecular complexity index is 722. The molecule has 0 aromatic heterocycles. The van der Waals surface area contributed by atoms with E-state index < -0.39 is 5.97 Å². The van der Waals surface area contributed by atoms with Gasteiger partial charge in [0.15, 0.2) is 0 Å². The summed E-state index contributed by atoms with van der Waals surface area (Å²) in [5.74, 6) is -0.400. The summed E-state index contributed by atoms with van der Waals surface area (Å²) in [5.41, 5.74) is 1.93. The van der Waals surface area contributed by atoms with Crippen LogP contribution in [0.15, 0.2) is 54.6 Å². The minimum absolute atomic E-state index is 0.246. The Morgan fingerprint density at radius 3 is 2.21 bits per heavy atom. The molecule has 0 saturated heterocycles. The van der Waals surface area contributed by atoms with Gasteiger partial charge in [-0.1, -0.05) is 30.3 Å². The van der Waals surface area contributed by atoms with Gasteiger partial charge in [0.2, 0.25) is 0 Å². The topological polar surface area (TPSA) is 67.4 Å². The van der Waals surface area contributed by atoms with E-state index >= 15 is 0 Å². The van der Waals surface area contributed by atoms with Crippen molar-refractivity contribution in [3.8, 4) is 0 Å². The zero-order valence-corrected chi connectivity index (χ0v) is 13.5. The van der Waals surface area contributed by atoms with Crippen LogP contribution in [0.25, 0.3) is 0 Å². The van der Waals surface area contributed by atoms with Crippen LogP contribution in [-0.4, -0.2) is 19.1 Å². The van der Waals surface area contributed by atoms with Crippen LogP contribution in [0.2, 0.25) is 0 Å². The molecule has 124 valence electrons. The van der Waals surface area contributed by atoms with Crippen LogP contribution in [0, 0.1) is 0 Å². The van der Waals surface area contributed by atoms with Gasteiger partial charge in [-0.05, 0) is 49.1 Å². The number of hydrogen-bond acceptors (Lipinski definition) is 3. The Balaban J connectivity index is 1.66. The summed E-state index contributed by atoms with van der Waals surface area (Å²) in [6.45, 7) is 0. The molecule has 1 fully saturated rings. The van der Waals surface area contributed by atoms with Gasteiger partial charge in [-0.15, -0.1) is 0 Å². The van der Waals surface area contributed by atoms with Crippen LogP contribution in [-0.2, 0) is 10.3 Å². The van der Waals surface area contributed by atoms with Gasteiger partial charge >= 0.3 is 12.0 Å². The second-order valence-corrected chi connectivity index (χ2v) is 5.95. The number of esters is 1. The minimum Gasteiger partial charge on any atom is -0.465 e. The Labute approximate surface area is 141 Å². The Morgan fingerprint density at radius 1 is 1.00 bits per heavy atom. The number of ether oxygens (including phenoxy) is 1. The number of carbonyl (C=O) groups is 2. The smallest absolute Gasteiger partial charge is 0.337 e. The van der Waals surface area contributed by atoms with Crippen molar-refractivity contribution in [2.24, 2.45) is 0 Å². The van der Waals surface area contributed by atoms with Crippen molar-refractivity contribution in [1.29, 1.82) is 0 Å². The van der Waals surface area contributed by atoms with Gasteiger partial charge in [0, 0.05) is 5.69 Å². The molecule has 0 aliphatic heterocycles. The molecule has 2 amide bonds. The van der Waals surface area contributed by atoms with Crippen LogP contribution in [0.4, 0.5) is 10.5 Å². The first kappa shape index (κ1) is 16.1. The number of nitrogens with one attached hydrogen (secondary N) is 2. The largest absolute Gasteiger partial charge is 0.465 e. The molecular weight excluding hydrogens is 304 g/mol. The summed E-state index contributed by atoms with van der Waals surface area (Å²) >= 11 is 0. The van der Waals surface area contributed by atoms with Crippen LogP contribution in [0.5, 0.6) is 0 Å². The van der Waals surface area contributed by atoms with E-state index in [1.807, 2.05) is 30.3 Å². The van der Waals surface area contributed by atoms with Crippen LogP contribution >= 0.6 is 0 Å². The minimum atomic E-state index is -0.400. The number of carbonyl (C=O) groups excluding carboxylic acids is 2. The van der Waals surface area contributed by atoms with E-state index in [0.29, 0.717) is 11.3 Å². The van der Waals surface area contributed by atoms with Gasteiger partial charge in [-0.25, -0.2) is 9.59 Å². The van der Waals surface area contributed by atoms with E-state index in [-0.39, 0.29) is 11.6 Å². The summed E-state index contributed by atoms with van der Waals surface area (Å²) < 4.78 is 4.66. The fourth-order valence-electron chi connectivity index (χ4n) is 2.96. The van der Waals surface area contributed by atoms with E-state index in [0.717, 1.165) is 24.8 Å². The first-order valence-electron chi connectivity index (χ1n) is 7.96. The third-order valence-corrected chi connectivity index (χ3v) is 4.45. The van der Waals surface area contributed by atoms with E-state index in [2.05, 4.69) is 15.4 Å². The molecule has 24 heavy (non-hydrogen) atoms. The SMILES string of the molecule is COC(=O)c1ccc(NC(=O)NC2(c3ccccc3)CCC2)cc1. The zero-order chi connectivity index (χ0) is 17.0. The highest BCUT2D eigenvalue weighted by molar-refractivity contribution is 5.92. The van der Waals surface area contributed by atoms with Gasteiger partial charge in [0.25, 0.3) is 0 Å². The van der Waals surface area contributed by atoms with Gasteiger partial charge in [0.1, 0.15) is 0 Å². The maximum atomic E-state index is 12.4. The molecule has 5 nitrogen and oxygen atoms in total. The van der Waals surface area contributed by atoms with Gasteiger partial charge in [0.05, 0.1) is 18.2 Å². The third kappa shape index (κ3) is 3.25. The fourth-order valence-corrected chi connectivity index (χ4v) is 2.96. The van der Waals surface area contributed by atoms with Gasteiger partial charge < -0.3 is 15.4 Å². The highest BCUT2D eigenvalue weighted by Gasteiger charge is 2.39. The highest BCUT2D eigenvalue weighted by atomic mass is 16.5. The molecule has 2 N–H and O–H groups in total. The van der Waals surface area contributed by atoms with Crippen LogP contribution < -0.4 is 10.6 Å². The zero-order valence-electron chi connectivity index (χ0n) is 13.5. The van der Waals surface area contributed by atoms with Gasteiger partial charge in [-0.2, -0.15) is 0 Å². The molecule has 0 radical (unpaired) electrons. The van der Waals surface area contributed by atoms with Crippen LogP contribution in [0.3, 0.4) is 0 Å². The maximum absolute atomic E-state index is 12.4. The fraction of sp³-hybridized carbons (Fsp3) is 0.263. The molecule has 0 spiro atoms. The number of amides is 2. The first-order valence-corrected chi connectivity index (χ1v) is 7.96. The number of methoxy groups -OCH3 is 1. The number of anilines is 1. The predicted molar refractivity (Wildman–Crippen MR) is 91.9 cm³/mol. The molecule has 2 aromatic rings. The lowest BCUT2D eigenvalue weighted by atomic mass is 9.72.